The molecular weight excluding hydrogens is 326 g/mol. The molecule has 0 aromatic heterocycles. The van der Waals surface area contributed by atoms with Crippen LogP contribution in [0.1, 0.15) is 30.1 Å². The van der Waals surface area contributed by atoms with Gasteiger partial charge in [-0.2, -0.15) is 4.31 Å². The molecule has 1 saturated heterocycles. The highest BCUT2D eigenvalue weighted by Crippen LogP contribution is 2.21. The van der Waals surface area contributed by atoms with Gasteiger partial charge < -0.3 is 4.90 Å². The van der Waals surface area contributed by atoms with Crippen molar-refractivity contribution in [2.45, 2.75) is 25.8 Å². The first-order valence-corrected chi connectivity index (χ1v) is 9.29. The van der Waals surface area contributed by atoms with E-state index in [1.54, 1.807) is 6.92 Å². The minimum atomic E-state index is -3.29. The molecule has 1 heterocycles. The third-order valence-electron chi connectivity index (χ3n) is 4.01. The first kappa shape index (κ1) is 17.8. The van der Waals surface area contributed by atoms with Crippen LogP contribution in [-0.4, -0.2) is 55.5 Å². The number of carbonyl (C=O) groups is 1. The van der Waals surface area contributed by atoms with Crippen LogP contribution in [0.3, 0.4) is 0 Å². The summed E-state index contributed by atoms with van der Waals surface area (Å²) in [6.45, 7) is 2.86. The van der Waals surface area contributed by atoms with Crippen LogP contribution in [0.5, 0.6) is 0 Å². The smallest absolute Gasteiger partial charge is 0.254 e. The number of sulfonamides is 1. The van der Waals surface area contributed by atoms with Gasteiger partial charge in [0.25, 0.3) is 5.91 Å². The number of hydrogen-bond donors (Lipinski definition) is 0. The van der Waals surface area contributed by atoms with Crippen LogP contribution < -0.4 is 0 Å². The number of likely N-dealkylation sites (tertiary alicyclic amines) is 1. The third kappa shape index (κ3) is 4.26. The van der Waals surface area contributed by atoms with Crippen molar-refractivity contribution in [1.82, 2.24) is 9.21 Å². The quantitative estimate of drug-likeness (QED) is 0.836. The number of nitrogens with zero attached hydrogens (tertiary/aromatic N) is 2. The summed E-state index contributed by atoms with van der Waals surface area (Å²) in [6, 6.07) is 2.58. The maximum Gasteiger partial charge on any atom is 0.254 e. The van der Waals surface area contributed by atoms with Crippen molar-refractivity contribution in [2.24, 2.45) is 0 Å². The lowest BCUT2D eigenvalue weighted by Crippen LogP contribution is -2.48. The molecule has 0 aliphatic carbocycles. The zero-order valence-electron chi connectivity index (χ0n) is 13.1. The van der Waals surface area contributed by atoms with Gasteiger partial charge >= 0.3 is 0 Å². The minimum Gasteiger partial charge on any atom is -0.339 e. The second-order valence-corrected chi connectivity index (χ2v) is 7.58. The third-order valence-corrected chi connectivity index (χ3v) is 5.41. The summed E-state index contributed by atoms with van der Waals surface area (Å²) < 4.78 is 51.3. The molecule has 0 bridgehead atoms. The van der Waals surface area contributed by atoms with E-state index < -0.39 is 27.6 Å². The SMILES string of the molecule is CCN(C1CCN(C(=O)c2cc(F)cc(F)c2)CC1)S(C)(=O)=O. The van der Waals surface area contributed by atoms with E-state index in [9.17, 15) is 22.0 Å². The zero-order valence-corrected chi connectivity index (χ0v) is 13.9. The molecule has 5 nitrogen and oxygen atoms in total. The van der Waals surface area contributed by atoms with E-state index in [1.807, 2.05) is 0 Å². The summed E-state index contributed by atoms with van der Waals surface area (Å²) in [5, 5.41) is 0. The number of amides is 1. The topological polar surface area (TPSA) is 57.7 Å². The summed E-state index contributed by atoms with van der Waals surface area (Å²) in [5.41, 5.74) is -0.0311. The maximum absolute atomic E-state index is 13.2. The average Bonchev–Trinajstić information content (AvgIpc) is 2.45. The molecule has 0 spiro atoms. The van der Waals surface area contributed by atoms with Crippen LogP contribution in [0.4, 0.5) is 8.78 Å². The Balaban J connectivity index is 2.05. The number of benzene rings is 1. The Morgan fingerprint density at radius 3 is 2.17 bits per heavy atom. The fraction of sp³-hybridized carbons (Fsp3) is 0.533. The second-order valence-electron chi connectivity index (χ2n) is 5.65. The van der Waals surface area contributed by atoms with Gasteiger partial charge in [-0.15, -0.1) is 0 Å². The lowest BCUT2D eigenvalue weighted by atomic mass is 10.0. The molecule has 1 aliphatic rings. The lowest BCUT2D eigenvalue weighted by molar-refractivity contribution is 0.0679. The van der Waals surface area contributed by atoms with Gasteiger partial charge in [0.1, 0.15) is 11.6 Å². The van der Waals surface area contributed by atoms with Crippen molar-refractivity contribution < 1.29 is 22.0 Å². The summed E-state index contributed by atoms with van der Waals surface area (Å²) in [4.78, 5) is 13.8. The molecular formula is C15H20F2N2O3S. The van der Waals surface area contributed by atoms with Crippen molar-refractivity contribution in [3.05, 3.63) is 35.4 Å². The highest BCUT2D eigenvalue weighted by atomic mass is 32.2. The molecule has 1 amide bonds. The van der Waals surface area contributed by atoms with Crippen LogP contribution in [0.2, 0.25) is 0 Å². The van der Waals surface area contributed by atoms with Gasteiger partial charge in [0, 0.05) is 37.3 Å². The molecule has 2 rings (SSSR count). The summed E-state index contributed by atoms with van der Waals surface area (Å²) >= 11 is 0. The number of hydrogen-bond acceptors (Lipinski definition) is 3. The molecule has 1 fully saturated rings. The van der Waals surface area contributed by atoms with E-state index in [2.05, 4.69) is 0 Å². The first-order valence-electron chi connectivity index (χ1n) is 7.44. The predicted octanol–water partition coefficient (Wildman–Crippen LogP) is 1.85. The molecule has 8 heteroatoms. The van der Waals surface area contributed by atoms with Crippen molar-refractivity contribution in [3.8, 4) is 0 Å². The molecule has 0 N–H and O–H groups in total. The number of carbonyl (C=O) groups excluding carboxylic acids is 1. The van der Waals surface area contributed by atoms with E-state index in [0.29, 0.717) is 38.5 Å². The standard InChI is InChI=1S/C15H20F2N2O3S/c1-3-19(23(2,21)22)14-4-6-18(7-5-14)15(20)11-8-12(16)10-13(17)9-11/h8-10,14H,3-7H2,1-2H3. The van der Waals surface area contributed by atoms with Gasteiger partial charge in [0.05, 0.1) is 6.26 Å². The Labute approximate surface area is 134 Å². The second kappa shape index (κ2) is 6.92. The van der Waals surface area contributed by atoms with Crippen LogP contribution in [-0.2, 0) is 10.0 Å². The average molecular weight is 346 g/mol. The number of piperidine rings is 1. The first-order chi connectivity index (χ1) is 10.7. The van der Waals surface area contributed by atoms with Gasteiger partial charge in [-0.1, -0.05) is 6.92 Å². The minimum absolute atomic E-state index is 0.0311. The van der Waals surface area contributed by atoms with Crippen molar-refractivity contribution in [1.29, 1.82) is 0 Å². The Morgan fingerprint density at radius 1 is 1.22 bits per heavy atom. The summed E-state index contributed by atoms with van der Waals surface area (Å²) in [5.74, 6) is -2.03. The van der Waals surface area contributed by atoms with Gasteiger partial charge in [-0.05, 0) is 25.0 Å². The molecule has 0 saturated carbocycles. The lowest BCUT2D eigenvalue weighted by Gasteiger charge is -2.36. The maximum atomic E-state index is 13.2. The highest BCUT2D eigenvalue weighted by Gasteiger charge is 2.31. The van der Waals surface area contributed by atoms with E-state index in [-0.39, 0.29) is 11.6 Å². The summed E-state index contributed by atoms with van der Waals surface area (Å²) in [6.07, 6.45) is 2.18. The Bertz CT molecular complexity index is 666. The van der Waals surface area contributed by atoms with E-state index >= 15 is 0 Å². The van der Waals surface area contributed by atoms with Gasteiger partial charge in [0.2, 0.25) is 10.0 Å². The number of rotatable bonds is 4. The fourth-order valence-electron chi connectivity index (χ4n) is 2.98. The van der Waals surface area contributed by atoms with Gasteiger partial charge in [0.15, 0.2) is 0 Å². The van der Waals surface area contributed by atoms with Gasteiger partial charge in [-0.3, -0.25) is 4.79 Å². The Kier molecular flexibility index (Phi) is 5.36. The largest absolute Gasteiger partial charge is 0.339 e. The fourth-order valence-corrected chi connectivity index (χ4v) is 4.20. The van der Waals surface area contributed by atoms with Crippen LogP contribution in [0.15, 0.2) is 18.2 Å². The van der Waals surface area contributed by atoms with Crippen molar-refractivity contribution in [2.75, 3.05) is 25.9 Å². The summed E-state index contributed by atoms with van der Waals surface area (Å²) in [7, 11) is -3.29. The Hall–Kier alpha value is -1.54. The van der Waals surface area contributed by atoms with E-state index in [1.165, 1.54) is 15.5 Å². The molecule has 128 valence electrons. The Morgan fingerprint density at radius 2 is 1.74 bits per heavy atom. The molecule has 23 heavy (non-hydrogen) atoms. The monoisotopic (exact) mass is 346 g/mol. The van der Waals surface area contributed by atoms with Crippen LogP contribution in [0.25, 0.3) is 0 Å². The molecule has 0 radical (unpaired) electrons. The van der Waals surface area contributed by atoms with E-state index in [0.717, 1.165) is 12.1 Å². The molecule has 1 aromatic rings. The molecule has 0 atom stereocenters. The predicted molar refractivity (Wildman–Crippen MR) is 82.5 cm³/mol. The number of halogens is 2. The van der Waals surface area contributed by atoms with Crippen molar-refractivity contribution in [3.63, 3.8) is 0 Å². The van der Waals surface area contributed by atoms with Gasteiger partial charge in [-0.25, -0.2) is 17.2 Å². The zero-order chi connectivity index (χ0) is 17.2. The van der Waals surface area contributed by atoms with Crippen molar-refractivity contribution >= 4 is 15.9 Å². The van der Waals surface area contributed by atoms with Crippen LogP contribution in [0, 0.1) is 11.6 Å². The van der Waals surface area contributed by atoms with E-state index in [4.69, 9.17) is 0 Å². The van der Waals surface area contributed by atoms with Crippen LogP contribution >= 0.6 is 0 Å². The molecule has 1 aliphatic heterocycles. The normalized spacial score (nSPS) is 16.8. The molecule has 1 aromatic carbocycles. The molecule has 0 unspecified atom stereocenters. The highest BCUT2D eigenvalue weighted by molar-refractivity contribution is 7.88.